The van der Waals surface area contributed by atoms with Crippen molar-refractivity contribution in [3.8, 4) is 0 Å². The maximum atomic E-state index is 9.72. The molecule has 0 rings (SSSR count). The van der Waals surface area contributed by atoms with Crippen LogP contribution in [-0.2, 0) is 9.78 Å². The van der Waals surface area contributed by atoms with E-state index in [1.165, 1.54) is 77.0 Å². The standard InChI is InChI=1S/C22H46O4/c1-3-5-7-9-11-13-15-17-19-21(23)25-26-22(24)20-18-16-14-12-10-8-6-4-2/h21-24H,3-20H2,1-2H3. The predicted molar refractivity (Wildman–Crippen MR) is 109 cm³/mol. The maximum absolute atomic E-state index is 9.72. The van der Waals surface area contributed by atoms with E-state index >= 15 is 0 Å². The smallest absolute Gasteiger partial charge is 0.188 e. The largest absolute Gasteiger partial charge is 0.366 e. The van der Waals surface area contributed by atoms with E-state index in [1.807, 2.05) is 0 Å². The Bertz CT molecular complexity index is 235. The molecule has 2 unspecified atom stereocenters. The summed E-state index contributed by atoms with van der Waals surface area (Å²) in [6, 6.07) is 0. The summed E-state index contributed by atoms with van der Waals surface area (Å²) >= 11 is 0. The Hall–Kier alpha value is -0.160. The van der Waals surface area contributed by atoms with Gasteiger partial charge in [0.15, 0.2) is 12.6 Å². The zero-order valence-electron chi connectivity index (χ0n) is 17.6. The number of aliphatic hydroxyl groups is 2. The number of hydrogen-bond acceptors (Lipinski definition) is 4. The fourth-order valence-corrected chi connectivity index (χ4v) is 3.13. The van der Waals surface area contributed by atoms with E-state index in [4.69, 9.17) is 9.78 Å². The van der Waals surface area contributed by atoms with Crippen molar-refractivity contribution in [2.75, 3.05) is 0 Å². The van der Waals surface area contributed by atoms with Crippen LogP contribution in [0, 0.1) is 0 Å². The van der Waals surface area contributed by atoms with Crippen LogP contribution in [0.3, 0.4) is 0 Å². The molecule has 0 bridgehead atoms. The van der Waals surface area contributed by atoms with E-state index in [0.29, 0.717) is 12.8 Å². The highest BCUT2D eigenvalue weighted by atomic mass is 17.2. The summed E-state index contributed by atoms with van der Waals surface area (Å²) in [7, 11) is 0. The van der Waals surface area contributed by atoms with Gasteiger partial charge in [0.1, 0.15) is 0 Å². The molecule has 2 N–H and O–H groups in total. The quantitative estimate of drug-likeness (QED) is 0.102. The van der Waals surface area contributed by atoms with Crippen molar-refractivity contribution in [1.82, 2.24) is 0 Å². The molecule has 158 valence electrons. The van der Waals surface area contributed by atoms with E-state index in [1.54, 1.807) is 0 Å². The molecular formula is C22H46O4. The average molecular weight is 375 g/mol. The molecule has 0 aliphatic rings. The highest BCUT2D eigenvalue weighted by Gasteiger charge is 2.10. The Labute approximate surface area is 162 Å². The predicted octanol–water partition coefficient (Wildman–Crippen LogP) is 6.63. The molecule has 0 aliphatic carbocycles. The summed E-state index contributed by atoms with van der Waals surface area (Å²) in [4.78, 5) is 9.78. The molecule has 0 aliphatic heterocycles. The van der Waals surface area contributed by atoms with Gasteiger partial charge in [-0.1, -0.05) is 104 Å². The van der Waals surface area contributed by atoms with Crippen LogP contribution in [-0.4, -0.2) is 22.8 Å². The molecule has 2 atom stereocenters. The molecule has 0 saturated heterocycles. The number of aliphatic hydroxyl groups excluding tert-OH is 2. The summed E-state index contributed by atoms with van der Waals surface area (Å²) in [6.45, 7) is 4.46. The van der Waals surface area contributed by atoms with Crippen LogP contribution in [0.4, 0.5) is 0 Å². The van der Waals surface area contributed by atoms with Crippen molar-refractivity contribution in [1.29, 1.82) is 0 Å². The third kappa shape index (κ3) is 20.2. The van der Waals surface area contributed by atoms with Gasteiger partial charge in [0.05, 0.1) is 0 Å². The van der Waals surface area contributed by atoms with Crippen LogP contribution in [0.15, 0.2) is 0 Å². The summed E-state index contributed by atoms with van der Waals surface area (Å²) < 4.78 is 0. The molecule has 26 heavy (non-hydrogen) atoms. The van der Waals surface area contributed by atoms with Crippen molar-refractivity contribution >= 4 is 0 Å². The Kier molecular flexibility index (Phi) is 21.0. The molecule has 0 aromatic rings. The van der Waals surface area contributed by atoms with Gasteiger partial charge in [0.25, 0.3) is 0 Å². The van der Waals surface area contributed by atoms with Crippen LogP contribution in [0.2, 0.25) is 0 Å². The van der Waals surface area contributed by atoms with Gasteiger partial charge in [-0.3, -0.25) is 0 Å². The minimum absolute atomic E-state index is 0.569. The van der Waals surface area contributed by atoms with Crippen molar-refractivity contribution in [2.24, 2.45) is 0 Å². The van der Waals surface area contributed by atoms with Crippen LogP contribution >= 0.6 is 0 Å². The van der Waals surface area contributed by atoms with Crippen molar-refractivity contribution in [3.05, 3.63) is 0 Å². The van der Waals surface area contributed by atoms with E-state index < -0.39 is 12.6 Å². The number of unbranched alkanes of at least 4 members (excludes halogenated alkanes) is 14. The second-order valence-electron chi connectivity index (χ2n) is 7.63. The number of hydrogen-bond donors (Lipinski definition) is 2. The Morgan fingerprint density at radius 1 is 0.462 bits per heavy atom. The SMILES string of the molecule is CCCCCCCCCCC(O)OOC(O)CCCCCCCCCC. The van der Waals surface area contributed by atoms with E-state index in [0.717, 1.165) is 25.7 Å². The summed E-state index contributed by atoms with van der Waals surface area (Å²) in [5, 5.41) is 19.4. The lowest BCUT2D eigenvalue weighted by atomic mass is 10.1. The monoisotopic (exact) mass is 374 g/mol. The van der Waals surface area contributed by atoms with Gasteiger partial charge in [-0.25, -0.2) is 9.78 Å². The molecule has 0 heterocycles. The third-order valence-corrected chi connectivity index (χ3v) is 4.89. The third-order valence-electron chi connectivity index (χ3n) is 4.89. The Balaban J connectivity index is 3.30. The second kappa shape index (κ2) is 21.1. The molecule has 0 aromatic heterocycles. The van der Waals surface area contributed by atoms with Crippen LogP contribution in [0.1, 0.15) is 129 Å². The molecule has 0 fully saturated rings. The molecule has 0 saturated carbocycles. The normalized spacial score (nSPS) is 13.8. The van der Waals surface area contributed by atoms with Gasteiger partial charge in [0.2, 0.25) is 0 Å². The maximum Gasteiger partial charge on any atom is 0.188 e. The molecule has 4 heteroatoms. The van der Waals surface area contributed by atoms with Crippen LogP contribution in [0.5, 0.6) is 0 Å². The zero-order chi connectivity index (χ0) is 19.3. The minimum atomic E-state index is -0.927. The second-order valence-corrected chi connectivity index (χ2v) is 7.63. The number of rotatable bonds is 21. The molecule has 4 nitrogen and oxygen atoms in total. The van der Waals surface area contributed by atoms with Gasteiger partial charge in [-0.15, -0.1) is 0 Å². The topological polar surface area (TPSA) is 58.9 Å². The minimum Gasteiger partial charge on any atom is -0.366 e. The fraction of sp³-hybridized carbons (Fsp3) is 1.00. The highest BCUT2D eigenvalue weighted by molar-refractivity contribution is 4.49. The Morgan fingerprint density at radius 3 is 1.04 bits per heavy atom. The fourth-order valence-electron chi connectivity index (χ4n) is 3.13. The van der Waals surface area contributed by atoms with Crippen molar-refractivity contribution in [2.45, 2.75) is 142 Å². The first-order valence-corrected chi connectivity index (χ1v) is 11.4. The molecule has 0 amide bonds. The van der Waals surface area contributed by atoms with Crippen LogP contribution in [0.25, 0.3) is 0 Å². The van der Waals surface area contributed by atoms with Crippen molar-refractivity contribution < 1.29 is 20.0 Å². The highest BCUT2D eigenvalue weighted by Crippen LogP contribution is 2.13. The lowest BCUT2D eigenvalue weighted by molar-refractivity contribution is -0.424. The zero-order valence-corrected chi connectivity index (χ0v) is 17.6. The van der Waals surface area contributed by atoms with Crippen LogP contribution < -0.4 is 0 Å². The average Bonchev–Trinajstić information content (AvgIpc) is 2.64. The van der Waals surface area contributed by atoms with E-state index in [2.05, 4.69) is 13.8 Å². The summed E-state index contributed by atoms with van der Waals surface area (Å²) in [6.07, 6.45) is 19.0. The summed E-state index contributed by atoms with van der Waals surface area (Å²) in [5.74, 6) is 0. The summed E-state index contributed by atoms with van der Waals surface area (Å²) in [5.41, 5.74) is 0. The Morgan fingerprint density at radius 2 is 0.731 bits per heavy atom. The van der Waals surface area contributed by atoms with Gasteiger partial charge in [0, 0.05) is 12.8 Å². The first kappa shape index (κ1) is 25.8. The first-order valence-electron chi connectivity index (χ1n) is 11.4. The molecule has 0 spiro atoms. The molecule has 0 aromatic carbocycles. The molecular weight excluding hydrogens is 328 g/mol. The lowest BCUT2D eigenvalue weighted by Gasteiger charge is -2.14. The molecule has 0 radical (unpaired) electrons. The van der Waals surface area contributed by atoms with Crippen molar-refractivity contribution in [3.63, 3.8) is 0 Å². The van der Waals surface area contributed by atoms with Gasteiger partial charge in [-0.05, 0) is 12.8 Å². The van der Waals surface area contributed by atoms with E-state index in [-0.39, 0.29) is 0 Å². The van der Waals surface area contributed by atoms with Gasteiger partial charge >= 0.3 is 0 Å². The lowest BCUT2D eigenvalue weighted by Crippen LogP contribution is -2.19. The van der Waals surface area contributed by atoms with Gasteiger partial charge in [-0.2, -0.15) is 0 Å². The van der Waals surface area contributed by atoms with Gasteiger partial charge < -0.3 is 10.2 Å². The van der Waals surface area contributed by atoms with E-state index in [9.17, 15) is 10.2 Å². The first-order chi connectivity index (χ1) is 12.7.